The van der Waals surface area contributed by atoms with Crippen molar-refractivity contribution in [1.29, 1.82) is 0 Å². The van der Waals surface area contributed by atoms with Gasteiger partial charge in [0.1, 0.15) is 10.8 Å². The number of halogens is 2. The molecule has 0 aliphatic carbocycles. The highest BCUT2D eigenvalue weighted by molar-refractivity contribution is 6.43. The second-order valence-electron chi connectivity index (χ2n) is 4.67. The summed E-state index contributed by atoms with van der Waals surface area (Å²) in [5.74, 6) is 0.179. The van der Waals surface area contributed by atoms with Crippen molar-refractivity contribution < 1.29 is 9.53 Å². The molecule has 1 atom stereocenters. The second-order valence-corrected chi connectivity index (χ2v) is 5.42. The number of ketones is 1. The van der Waals surface area contributed by atoms with Gasteiger partial charge in [-0.05, 0) is 18.6 Å². The van der Waals surface area contributed by atoms with E-state index in [-0.39, 0.29) is 11.7 Å². The maximum Gasteiger partial charge on any atom is 0.170 e. The molecule has 0 saturated heterocycles. The van der Waals surface area contributed by atoms with E-state index >= 15 is 0 Å². The van der Waals surface area contributed by atoms with Gasteiger partial charge in [0.05, 0.1) is 11.6 Å². The van der Waals surface area contributed by atoms with Gasteiger partial charge in [0.2, 0.25) is 0 Å². The van der Waals surface area contributed by atoms with E-state index in [1.165, 1.54) is 0 Å². The van der Waals surface area contributed by atoms with Gasteiger partial charge >= 0.3 is 0 Å². The Morgan fingerprint density at radius 2 is 1.76 bits per heavy atom. The van der Waals surface area contributed by atoms with E-state index in [4.69, 9.17) is 27.9 Å². The maximum absolute atomic E-state index is 12.5. The number of carbonyl (C=O) groups excluding carboxylic acids is 1. The molecule has 2 aromatic carbocycles. The molecule has 0 N–H and O–H groups in total. The highest BCUT2D eigenvalue weighted by Gasteiger charge is 2.22. The maximum atomic E-state index is 12.5. The van der Waals surface area contributed by atoms with Crippen LogP contribution in [0.4, 0.5) is 0 Å². The fraction of sp³-hybridized carbons (Fsp3) is 0.235. The van der Waals surface area contributed by atoms with Crippen LogP contribution in [0, 0.1) is 0 Å². The Hall–Kier alpha value is -1.51. The zero-order chi connectivity index (χ0) is 15.4. The van der Waals surface area contributed by atoms with Crippen LogP contribution in [0.1, 0.15) is 35.7 Å². The number of hydrogen-bond acceptors (Lipinski definition) is 2. The lowest BCUT2D eigenvalue weighted by molar-refractivity contribution is 0.0966. The first-order valence-electron chi connectivity index (χ1n) is 6.76. The molecule has 1 unspecified atom stereocenters. The zero-order valence-corrected chi connectivity index (χ0v) is 13.4. The van der Waals surface area contributed by atoms with Gasteiger partial charge in [0.15, 0.2) is 5.78 Å². The number of hydrogen-bond donors (Lipinski definition) is 0. The zero-order valence-electron chi connectivity index (χ0n) is 11.9. The van der Waals surface area contributed by atoms with Crippen molar-refractivity contribution in [3.8, 4) is 5.75 Å². The number of carbonyl (C=O) groups is 1. The van der Waals surface area contributed by atoms with Crippen molar-refractivity contribution in [2.24, 2.45) is 0 Å². The quantitative estimate of drug-likeness (QED) is 0.691. The summed E-state index contributed by atoms with van der Waals surface area (Å²) < 4.78 is 5.40. The first-order chi connectivity index (χ1) is 10.1. The van der Waals surface area contributed by atoms with Crippen molar-refractivity contribution in [3.63, 3.8) is 0 Å². The van der Waals surface area contributed by atoms with Crippen molar-refractivity contribution in [2.75, 3.05) is 6.61 Å². The minimum absolute atomic E-state index is 0.0118. The van der Waals surface area contributed by atoms with E-state index in [1.807, 2.05) is 32.0 Å². The lowest BCUT2D eigenvalue weighted by atomic mass is 9.92. The molecule has 21 heavy (non-hydrogen) atoms. The second kappa shape index (κ2) is 6.97. The Morgan fingerprint density at radius 3 is 2.38 bits per heavy atom. The summed E-state index contributed by atoms with van der Waals surface area (Å²) in [6.07, 6.45) is 0. The number of benzene rings is 2. The minimum atomic E-state index is -0.368. The molecule has 0 radical (unpaired) electrons. The Kier molecular flexibility index (Phi) is 5.27. The van der Waals surface area contributed by atoms with Gasteiger partial charge in [0, 0.05) is 11.5 Å². The molecular formula is C17H16Cl2O2. The van der Waals surface area contributed by atoms with E-state index in [2.05, 4.69) is 0 Å². The summed E-state index contributed by atoms with van der Waals surface area (Å²) in [5.41, 5.74) is 1.37. The van der Waals surface area contributed by atoms with Crippen LogP contribution in [0.3, 0.4) is 0 Å². The predicted molar refractivity (Wildman–Crippen MR) is 86.8 cm³/mol. The SMILES string of the molecule is CCOc1ccc(C(C)C(=O)c2ccccc2)c(Cl)c1Cl. The van der Waals surface area contributed by atoms with Crippen LogP contribution in [0.15, 0.2) is 42.5 Å². The lowest BCUT2D eigenvalue weighted by Gasteiger charge is -2.15. The Morgan fingerprint density at radius 1 is 1.10 bits per heavy atom. The molecule has 0 spiro atoms. The van der Waals surface area contributed by atoms with Crippen LogP contribution >= 0.6 is 23.2 Å². The van der Waals surface area contributed by atoms with Crippen molar-refractivity contribution in [2.45, 2.75) is 19.8 Å². The van der Waals surface area contributed by atoms with Crippen molar-refractivity contribution in [1.82, 2.24) is 0 Å². The first kappa shape index (κ1) is 15.9. The minimum Gasteiger partial charge on any atom is -0.492 e. The van der Waals surface area contributed by atoms with Gasteiger partial charge < -0.3 is 4.74 Å². The van der Waals surface area contributed by atoms with Crippen LogP contribution in [0.2, 0.25) is 10.0 Å². The number of Topliss-reactive ketones (excluding diaryl/α,β-unsaturated/α-hetero) is 1. The van der Waals surface area contributed by atoms with Crippen molar-refractivity contribution in [3.05, 3.63) is 63.6 Å². The average Bonchev–Trinajstić information content (AvgIpc) is 2.52. The third-order valence-electron chi connectivity index (χ3n) is 3.29. The summed E-state index contributed by atoms with van der Waals surface area (Å²) in [5, 5.41) is 0.725. The molecule has 0 fully saturated rings. The van der Waals surface area contributed by atoms with Gasteiger partial charge in [-0.1, -0.05) is 66.5 Å². The van der Waals surface area contributed by atoms with Gasteiger partial charge in [-0.3, -0.25) is 4.79 Å². The number of ether oxygens (including phenoxy) is 1. The summed E-state index contributed by atoms with van der Waals surface area (Å²) in [4.78, 5) is 12.5. The molecule has 0 saturated carbocycles. The fourth-order valence-electron chi connectivity index (χ4n) is 2.14. The smallest absolute Gasteiger partial charge is 0.170 e. The summed E-state index contributed by atoms with van der Waals surface area (Å²) in [7, 11) is 0. The van der Waals surface area contributed by atoms with E-state index < -0.39 is 0 Å². The van der Waals surface area contributed by atoms with Crippen LogP contribution in [0.5, 0.6) is 5.75 Å². The largest absolute Gasteiger partial charge is 0.492 e. The molecule has 2 aromatic rings. The molecular weight excluding hydrogens is 307 g/mol. The molecule has 2 nitrogen and oxygen atoms in total. The summed E-state index contributed by atoms with van der Waals surface area (Å²) in [6.45, 7) is 4.21. The highest BCUT2D eigenvalue weighted by atomic mass is 35.5. The Bertz CT molecular complexity index is 639. The molecule has 4 heteroatoms. The summed E-state index contributed by atoms with van der Waals surface area (Å²) >= 11 is 12.5. The molecule has 0 heterocycles. The van der Waals surface area contributed by atoms with Crippen LogP contribution in [-0.4, -0.2) is 12.4 Å². The number of rotatable bonds is 5. The molecule has 0 aliphatic heterocycles. The molecule has 0 aliphatic rings. The van der Waals surface area contributed by atoms with Gasteiger partial charge in [0.25, 0.3) is 0 Å². The monoisotopic (exact) mass is 322 g/mol. The normalized spacial score (nSPS) is 12.0. The van der Waals surface area contributed by atoms with Gasteiger partial charge in [-0.15, -0.1) is 0 Å². The van der Waals surface area contributed by atoms with E-state index in [1.54, 1.807) is 24.3 Å². The van der Waals surface area contributed by atoms with Crippen molar-refractivity contribution >= 4 is 29.0 Å². The molecule has 0 aromatic heterocycles. The lowest BCUT2D eigenvalue weighted by Crippen LogP contribution is -2.10. The van der Waals surface area contributed by atoms with Crippen LogP contribution < -0.4 is 4.74 Å². The summed E-state index contributed by atoms with van der Waals surface area (Å²) in [6, 6.07) is 12.7. The molecule has 0 amide bonds. The average molecular weight is 323 g/mol. The first-order valence-corrected chi connectivity index (χ1v) is 7.51. The van der Waals surface area contributed by atoms with Gasteiger partial charge in [-0.25, -0.2) is 0 Å². The van der Waals surface area contributed by atoms with E-state index in [9.17, 15) is 4.79 Å². The third-order valence-corrected chi connectivity index (χ3v) is 4.17. The molecule has 0 bridgehead atoms. The topological polar surface area (TPSA) is 26.3 Å². The Labute approximate surface area is 134 Å². The molecule has 110 valence electrons. The van der Waals surface area contributed by atoms with Gasteiger partial charge in [-0.2, -0.15) is 0 Å². The standard InChI is InChI=1S/C17H16Cl2O2/c1-3-21-14-10-9-13(15(18)16(14)19)11(2)17(20)12-7-5-4-6-8-12/h4-11H,3H2,1-2H3. The molecule has 2 rings (SSSR count). The van der Waals surface area contributed by atoms with Crippen LogP contribution in [0.25, 0.3) is 0 Å². The highest BCUT2D eigenvalue weighted by Crippen LogP contribution is 2.38. The Balaban J connectivity index is 2.34. The van der Waals surface area contributed by atoms with E-state index in [0.717, 1.165) is 0 Å². The van der Waals surface area contributed by atoms with Crippen LogP contribution in [-0.2, 0) is 0 Å². The van der Waals surface area contributed by atoms with E-state index in [0.29, 0.717) is 33.5 Å². The third kappa shape index (κ3) is 3.39. The predicted octanol–water partition coefficient (Wildman–Crippen LogP) is 5.38. The fourth-order valence-corrected chi connectivity index (χ4v) is 2.69.